The zero-order valence-corrected chi connectivity index (χ0v) is 11.5. The van der Waals surface area contributed by atoms with E-state index in [-0.39, 0.29) is 23.6 Å². The van der Waals surface area contributed by atoms with Gasteiger partial charge in [0.05, 0.1) is 5.56 Å². The number of hydrogen-bond acceptors (Lipinski definition) is 5. The molecule has 7 nitrogen and oxygen atoms in total. The molecule has 8 heteroatoms. The molecule has 0 fully saturated rings. The van der Waals surface area contributed by atoms with Crippen LogP contribution in [0.5, 0.6) is 0 Å². The number of sulfonamides is 1. The number of carboxylic acid groups (broad SMARTS) is 1. The highest BCUT2D eigenvalue weighted by Gasteiger charge is 2.41. The van der Waals surface area contributed by atoms with Crippen LogP contribution in [-0.2, 0) is 14.8 Å². The van der Waals surface area contributed by atoms with Gasteiger partial charge in [0.1, 0.15) is 0 Å². The van der Waals surface area contributed by atoms with E-state index in [0.717, 1.165) is 4.31 Å². The number of carbonyl (C=O) groups excluding carboxylic acids is 1. The van der Waals surface area contributed by atoms with Gasteiger partial charge in [-0.3, -0.25) is 9.59 Å². The molecule has 0 spiro atoms. The molecule has 0 aliphatic carbocycles. The molecule has 0 radical (unpaired) electrons. The van der Waals surface area contributed by atoms with Gasteiger partial charge in [0.2, 0.25) is 0 Å². The van der Waals surface area contributed by atoms with Gasteiger partial charge in [-0.1, -0.05) is 6.42 Å². The second-order valence-corrected chi connectivity index (χ2v) is 6.22. The van der Waals surface area contributed by atoms with Gasteiger partial charge in [0.25, 0.3) is 15.9 Å². The maximum absolute atomic E-state index is 12.1. The maximum Gasteiger partial charge on any atom is 0.303 e. The van der Waals surface area contributed by atoms with Crippen LogP contribution in [0.2, 0.25) is 0 Å². The highest BCUT2D eigenvalue weighted by molar-refractivity contribution is 7.90. The Balaban J connectivity index is 2.01. The molecule has 1 aromatic heterocycles. The molecule has 2 heterocycles. The van der Waals surface area contributed by atoms with Crippen molar-refractivity contribution in [3.63, 3.8) is 0 Å². The van der Waals surface area contributed by atoms with Crippen molar-refractivity contribution in [2.24, 2.45) is 0 Å². The van der Waals surface area contributed by atoms with Gasteiger partial charge in [0.15, 0.2) is 5.03 Å². The predicted molar refractivity (Wildman–Crippen MR) is 68.6 cm³/mol. The van der Waals surface area contributed by atoms with E-state index in [0.29, 0.717) is 19.3 Å². The Hall–Kier alpha value is -1.96. The first-order valence-electron chi connectivity index (χ1n) is 6.18. The summed E-state index contributed by atoms with van der Waals surface area (Å²) in [6, 6.07) is 2.95. The van der Waals surface area contributed by atoms with Crippen LogP contribution in [0.1, 0.15) is 36.0 Å². The first kappa shape index (κ1) is 14.4. The summed E-state index contributed by atoms with van der Waals surface area (Å²) < 4.78 is 25.0. The van der Waals surface area contributed by atoms with Crippen molar-refractivity contribution in [3.8, 4) is 0 Å². The summed E-state index contributed by atoms with van der Waals surface area (Å²) in [6.07, 6.45) is 2.83. The number of nitrogens with zero attached hydrogens (tertiary/aromatic N) is 2. The van der Waals surface area contributed by atoms with E-state index < -0.39 is 21.9 Å². The molecule has 108 valence electrons. The molecule has 0 atom stereocenters. The molecule has 0 saturated carbocycles. The van der Waals surface area contributed by atoms with Crippen LogP contribution in [0.4, 0.5) is 0 Å². The van der Waals surface area contributed by atoms with E-state index in [1.807, 2.05) is 0 Å². The van der Waals surface area contributed by atoms with Crippen LogP contribution in [0, 0.1) is 0 Å². The Morgan fingerprint density at radius 1 is 1.30 bits per heavy atom. The van der Waals surface area contributed by atoms with Crippen LogP contribution < -0.4 is 0 Å². The predicted octanol–water partition coefficient (Wildman–Crippen LogP) is 0.871. The highest BCUT2D eigenvalue weighted by Crippen LogP contribution is 2.28. The summed E-state index contributed by atoms with van der Waals surface area (Å²) in [4.78, 5) is 26.1. The molecule has 0 bridgehead atoms. The molecule has 0 unspecified atom stereocenters. The van der Waals surface area contributed by atoms with Gasteiger partial charge >= 0.3 is 5.97 Å². The standard InChI is InChI=1S/C12H14N2O5S/c15-10(16)6-2-1-3-8-14-12(17)9-5-4-7-13-11(9)20(14,18)19/h4-5,7H,1-3,6,8H2,(H,15,16). The Labute approximate surface area is 116 Å². The summed E-state index contributed by atoms with van der Waals surface area (Å²) in [6.45, 7) is 0.0527. The Bertz CT molecular complexity index is 641. The number of aromatic nitrogens is 1. The van der Waals surface area contributed by atoms with Gasteiger partial charge in [-0.25, -0.2) is 9.29 Å². The van der Waals surface area contributed by atoms with Crippen molar-refractivity contribution in [2.75, 3.05) is 6.54 Å². The fraction of sp³-hybridized carbons (Fsp3) is 0.417. The maximum atomic E-state index is 12.1. The zero-order chi connectivity index (χ0) is 14.8. The molecular weight excluding hydrogens is 284 g/mol. The molecule has 2 rings (SSSR count). The third-order valence-electron chi connectivity index (χ3n) is 3.01. The Morgan fingerprint density at radius 2 is 2.05 bits per heavy atom. The lowest BCUT2D eigenvalue weighted by atomic mass is 10.2. The first-order chi connectivity index (χ1) is 9.44. The Morgan fingerprint density at radius 3 is 2.70 bits per heavy atom. The third kappa shape index (κ3) is 2.64. The number of carboxylic acids is 1. The lowest BCUT2D eigenvalue weighted by molar-refractivity contribution is -0.137. The summed E-state index contributed by atoms with van der Waals surface area (Å²) in [7, 11) is -3.84. The number of pyridine rings is 1. The summed E-state index contributed by atoms with van der Waals surface area (Å²) in [5, 5.41) is 8.30. The fourth-order valence-electron chi connectivity index (χ4n) is 2.04. The van der Waals surface area contributed by atoms with Crippen molar-refractivity contribution in [1.29, 1.82) is 0 Å². The van der Waals surface area contributed by atoms with E-state index in [4.69, 9.17) is 5.11 Å². The first-order valence-corrected chi connectivity index (χ1v) is 7.62. The van der Waals surface area contributed by atoms with E-state index in [1.165, 1.54) is 18.3 Å². The number of unbranched alkanes of at least 4 members (excludes halogenated alkanes) is 2. The van der Waals surface area contributed by atoms with Crippen molar-refractivity contribution in [2.45, 2.75) is 30.7 Å². The van der Waals surface area contributed by atoms with Crippen LogP contribution in [-0.4, -0.2) is 41.2 Å². The van der Waals surface area contributed by atoms with Crippen molar-refractivity contribution in [1.82, 2.24) is 9.29 Å². The van der Waals surface area contributed by atoms with Crippen molar-refractivity contribution in [3.05, 3.63) is 23.9 Å². The number of aliphatic carboxylic acids is 1. The topological polar surface area (TPSA) is 105 Å². The van der Waals surface area contributed by atoms with E-state index in [9.17, 15) is 18.0 Å². The summed E-state index contributed by atoms with van der Waals surface area (Å²) in [5.74, 6) is -1.45. The van der Waals surface area contributed by atoms with Crippen LogP contribution in [0.15, 0.2) is 23.4 Å². The average Bonchev–Trinajstić information content (AvgIpc) is 2.59. The van der Waals surface area contributed by atoms with E-state index in [2.05, 4.69) is 4.98 Å². The number of rotatable bonds is 6. The molecule has 1 aliphatic rings. The van der Waals surface area contributed by atoms with E-state index in [1.54, 1.807) is 0 Å². The molecule has 1 aromatic rings. The minimum absolute atomic E-state index is 0.0441. The van der Waals surface area contributed by atoms with Crippen LogP contribution >= 0.6 is 0 Å². The zero-order valence-electron chi connectivity index (χ0n) is 10.7. The minimum Gasteiger partial charge on any atom is -0.481 e. The van der Waals surface area contributed by atoms with Crippen molar-refractivity contribution < 1.29 is 23.1 Å². The van der Waals surface area contributed by atoms with Gasteiger partial charge in [-0.2, -0.15) is 8.42 Å². The summed E-state index contributed by atoms with van der Waals surface area (Å²) in [5.41, 5.74) is 0.0954. The third-order valence-corrected chi connectivity index (χ3v) is 4.76. The number of fused-ring (bicyclic) bond motifs is 1. The highest BCUT2D eigenvalue weighted by atomic mass is 32.2. The molecular formula is C12H14N2O5S. The molecule has 1 amide bonds. The Kier molecular flexibility index (Phi) is 4.03. The fourth-order valence-corrected chi connectivity index (χ4v) is 3.56. The smallest absolute Gasteiger partial charge is 0.303 e. The minimum atomic E-state index is -3.84. The molecule has 1 aliphatic heterocycles. The monoisotopic (exact) mass is 298 g/mol. The largest absolute Gasteiger partial charge is 0.481 e. The molecule has 1 N–H and O–H groups in total. The molecule has 20 heavy (non-hydrogen) atoms. The lowest BCUT2D eigenvalue weighted by Gasteiger charge is -2.14. The summed E-state index contributed by atoms with van der Waals surface area (Å²) >= 11 is 0. The second-order valence-electron chi connectivity index (χ2n) is 4.44. The van der Waals surface area contributed by atoms with Gasteiger partial charge in [0, 0.05) is 19.2 Å². The van der Waals surface area contributed by atoms with Crippen LogP contribution in [0.25, 0.3) is 0 Å². The van der Waals surface area contributed by atoms with Crippen molar-refractivity contribution >= 4 is 21.9 Å². The number of carbonyl (C=O) groups is 2. The molecule has 0 saturated heterocycles. The quantitative estimate of drug-likeness (QED) is 0.781. The van der Waals surface area contributed by atoms with Gasteiger partial charge in [-0.15, -0.1) is 0 Å². The van der Waals surface area contributed by atoms with Crippen LogP contribution in [0.3, 0.4) is 0 Å². The van der Waals surface area contributed by atoms with Gasteiger partial charge < -0.3 is 5.11 Å². The molecule has 0 aromatic carbocycles. The van der Waals surface area contributed by atoms with Gasteiger partial charge in [-0.05, 0) is 25.0 Å². The van der Waals surface area contributed by atoms with E-state index >= 15 is 0 Å². The second kappa shape index (κ2) is 5.58. The number of hydrogen-bond donors (Lipinski definition) is 1. The average molecular weight is 298 g/mol. The SMILES string of the molecule is O=C(O)CCCCCN1C(=O)c2cccnc2S1(=O)=O. The number of amides is 1. The normalized spacial score (nSPS) is 16.2. The lowest BCUT2D eigenvalue weighted by Crippen LogP contribution is -2.31.